The standard InChI is InChI=1S/C23H25N3O5/c1-15(16-6-4-3-5-7-16)13-24-20(27)14-26-21(28)23(2,25-22(26)29)17-8-9-18-19(12-17)31-11-10-30-18/h3-9,12,15H,10-11,13-14H2,1-2H3,(H,24,27)(H,25,29)/t15-,23+/m0/s1. The molecule has 162 valence electrons. The Morgan fingerprint density at radius 3 is 2.58 bits per heavy atom. The molecule has 2 aromatic carbocycles. The molecule has 1 fully saturated rings. The molecule has 0 aromatic heterocycles. The molecule has 0 saturated carbocycles. The van der Waals surface area contributed by atoms with Gasteiger partial charge in [-0.15, -0.1) is 0 Å². The van der Waals surface area contributed by atoms with E-state index in [4.69, 9.17) is 9.47 Å². The van der Waals surface area contributed by atoms with E-state index >= 15 is 0 Å². The lowest BCUT2D eigenvalue weighted by atomic mass is 9.91. The van der Waals surface area contributed by atoms with Crippen LogP contribution in [0.2, 0.25) is 0 Å². The van der Waals surface area contributed by atoms with Crippen LogP contribution in [0.25, 0.3) is 0 Å². The first-order chi connectivity index (χ1) is 14.9. The van der Waals surface area contributed by atoms with Crippen LogP contribution in [0.3, 0.4) is 0 Å². The topological polar surface area (TPSA) is 97.0 Å². The summed E-state index contributed by atoms with van der Waals surface area (Å²) < 4.78 is 11.1. The van der Waals surface area contributed by atoms with Gasteiger partial charge in [0.15, 0.2) is 11.5 Å². The van der Waals surface area contributed by atoms with E-state index in [9.17, 15) is 14.4 Å². The van der Waals surface area contributed by atoms with Gasteiger partial charge in [-0.1, -0.05) is 43.3 Å². The minimum Gasteiger partial charge on any atom is -0.486 e. The molecule has 31 heavy (non-hydrogen) atoms. The molecule has 2 N–H and O–H groups in total. The second kappa shape index (κ2) is 8.29. The van der Waals surface area contributed by atoms with Crippen molar-refractivity contribution in [2.24, 2.45) is 0 Å². The number of carbonyl (C=O) groups excluding carboxylic acids is 3. The van der Waals surface area contributed by atoms with Crippen LogP contribution in [0.1, 0.15) is 30.9 Å². The lowest BCUT2D eigenvalue weighted by Crippen LogP contribution is -2.43. The molecule has 0 aliphatic carbocycles. The lowest BCUT2D eigenvalue weighted by molar-refractivity contribution is -0.134. The Balaban J connectivity index is 1.41. The minimum absolute atomic E-state index is 0.108. The number of ether oxygens (including phenoxy) is 2. The molecule has 4 amide bonds. The third kappa shape index (κ3) is 4.05. The van der Waals surface area contributed by atoms with Gasteiger partial charge in [0, 0.05) is 6.54 Å². The summed E-state index contributed by atoms with van der Waals surface area (Å²) in [7, 11) is 0. The van der Waals surface area contributed by atoms with Crippen LogP contribution in [-0.2, 0) is 15.1 Å². The molecule has 2 aromatic rings. The van der Waals surface area contributed by atoms with Crippen LogP contribution in [0.15, 0.2) is 48.5 Å². The summed E-state index contributed by atoms with van der Waals surface area (Å²) in [5, 5.41) is 5.52. The van der Waals surface area contributed by atoms with Gasteiger partial charge < -0.3 is 20.1 Å². The SMILES string of the molecule is C[C@@H](CNC(=O)CN1C(=O)N[C@](C)(c2ccc3c(c2)OCCO3)C1=O)c1ccccc1. The van der Waals surface area contributed by atoms with Crippen LogP contribution >= 0.6 is 0 Å². The fourth-order valence-electron chi connectivity index (χ4n) is 3.76. The summed E-state index contributed by atoms with van der Waals surface area (Å²) in [6.07, 6.45) is 0. The van der Waals surface area contributed by atoms with E-state index in [1.54, 1.807) is 25.1 Å². The summed E-state index contributed by atoms with van der Waals surface area (Å²) in [6, 6.07) is 14.3. The fourth-order valence-corrected chi connectivity index (χ4v) is 3.76. The van der Waals surface area contributed by atoms with Crippen molar-refractivity contribution in [3.8, 4) is 11.5 Å². The highest BCUT2D eigenvalue weighted by molar-refractivity contribution is 6.09. The smallest absolute Gasteiger partial charge is 0.325 e. The predicted octanol–water partition coefficient (Wildman–Crippen LogP) is 2.14. The van der Waals surface area contributed by atoms with Crippen molar-refractivity contribution >= 4 is 17.8 Å². The van der Waals surface area contributed by atoms with Crippen LogP contribution in [-0.4, -0.2) is 49.0 Å². The van der Waals surface area contributed by atoms with E-state index in [1.807, 2.05) is 37.3 Å². The molecule has 2 aliphatic heterocycles. The minimum atomic E-state index is -1.29. The largest absolute Gasteiger partial charge is 0.486 e. The highest BCUT2D eigenvalue weighted by atomic mass is 16.6. The van der Waals surface area contributed by atoms with Crippen molar-refractivity contribution < 1.29 is 23.9 Å². The van der Waals surface area contributed by atoms with Crippen LogP contribution < -0.4 is 20.1 Å². The van der Waals surface area contributed by atoms with E-state index in [2.05, 4.69) is 10.6 Å². The normalized spacial score (nSPS) is 20.9. The van der Waals surface area contributed by atoms with Gasteiger partial charge in [0.2, 0.25) is 5.91 Å². The molecular weight excluding hydrogens is 398 g/mol. The summed E-state index contributed by atoms with van der Waals surface area (Å²) in [5.41, 5.74) is 0.379. The summed E-state index contributed by atoms with van der Waals surface area (Å²) in [4.78, 5) is 39.0. The van der Waals surface area contributed by atoms with Crippen molar-refractivity contribution in [3.05, 3.63) is 59.7 Å². The first-order valence-corrected chi connectivity index (χ1v) is 10.2. The number of amides is 4. The second-order valence-electron chi connectivity index (χ2n) is 7.92. The Morgan fingerprint density at radius 1 is 1.13 bits per heavy atom. The van der Waals surface area contributed by atoms with Crippen molar-refractivity contribution in [1.29, 1.82) is 0 Å². The van der Waals surface area contributed by atoms with Gasteiger partial charge in [-0.25, -0.2) is 4.79 Å². The van der Waals surface area contributed by atoms with Gasteiger partial charge >= 0.3 is 6.03 Å². The highest BCUT2D eigenvalue weighted by Gasteiger charge is 2.49. The Morgan fingerprint density at radius 2 is 1.84 bits per heavy atom. The predicted molar refractivity (Wildman–Crippen MR) is 113 cm³/mol. The third-order valence-corrected chi connectivity index (χ3v) is 5.67. The van der Waals surface area contributed by atoms with Crippen molar-refractivity contribution in [1.82, 2.24) is 15.5 Å². The molecule has 8 nitrogen and oxygen atoms in total. The number of benzene rings is 2. The number of hydrogen-bond acceptors (Lipinski definition) is 5. The van der Waals surface area contributed by atoms with Crippen molar-refractivity contribution in [2.75, 3.05) is 26.3 Å². The molecule has 1 saturated heterocycles. The molecule has 0 spiro atoms. The third-order valence-electron chi connectivity index (χ3n) is 5.67. The molecule has 2 heterocycles. The van der Waals surface area contributed by atoms with Gasteiger partial charge in [-0.2, -0.15) is 0 Å². The van der Waals surface area contributed by atoms with E-state index in [-0.39, 0.29) is 12.5 Å². The summed E-state index contributed by atoms with van der Waals surface area (Å²) >= 11 is 0. The number of nitrogens with one attached hydrogen (secondary N) is 2. The zero-order valence-electron chi connectivity index (χ0n) is 17.5. The van der Waals surface area contributed by atoms with Crippen molar-refractivity contribution in [2.45, 2.75) is 25.3 Å². The monoisotopic (exact) mass is 423 g/mol. The molecule has 0 unspecified atom stereocenters. The number of urea groups is 1. The summed E-state index contributed by atoms with van der Waals surface area (Å²) in [5.74, 6) is 0.353. The number of imide groups is 1. The molecule has 2 aliphatic rings. The first-order valence-electron chi connectivity index (χ1n) is 10.2. The number of carbonyl (C=O) groups is 3. The molecular formula is C23H25N3O5. The van der Waals surface area contributed by atoms with E-state index in [1.165, 1.54) is 0 Å². The first kappa shape index (κ1) is 20.7. The average molecular weight is 423 g/mol. The van der Waals surface area contributed by atoms with Crippen LogP contribution in [0.4, 0.5) is 4.79 Å². The molecule has 4 rings (SSSR count). The molecule has 8 heteroatoms. The van der Waals surface area contributed by atoms with Gasteiger partial charge in [0.1, 0.15) is 25.3 Å². The Labute approximate surface area is 180 Å². The van der Waals surface area contributed by atoms with Gasteiger partial charge in [-0.3, -0.25) is 14.5 Å². The highest BCUT2D eigenvalue weighted by Crippen LogP contribution is 2.36. The Hall–Kier alpha value is -3.55. The number of nitrogens with zero attached hydrogens (tertiary/aromatic N) is 1. The maximum absolute atomic E-state index is 13.1. The zero-order valence-corrected chi connectivity index (χ0v) is 17.5. The van der Waals surface area contributed by atoms with Crippen molar-refractivity contribution in [3.63, 3.8) is 0 Å². The average Bonchev–Trinajstić information content (AvgIpc) is 3.01. The van der Waals surface area contributed by atoms with E-state index < -0.39 is 23.4 Å². The van der Waals surface area contributed by atoms with Crippen LogP contribution in [0.5, 0.6) is 11.5 Å². The second-order valence-corrected chi connectivity index (χ2v) is 7.92. The maximum atomic E-state index is 13.1. The fraction of sp³-hybridized carbons (Fsp3) is 0.348. The Kier molecular flexibility index (Phi) is 5.54. The quantitative estimate of drug-likeness (QED) is 0.694. The van der Waals surface area contributed by atoms with E-state index in [0.29, 0.717) is 36.8 Å². The number of rotatable bonds is 6. The van der Waals surface area contributed by atoms with Crippen LogP contribution in [0, 0.1) is 0 Å². The number of hydrogen-bond donors (Lipinski definition) is 2. The van der Waals surface area contributed by atoms with Gasteiger partial charge in [-0.05, 0) is 36.1 Å². The maximum Gasteiger partial charge on any atom is 0.325 e. The van der Waals surface area contributed by atoms with E-state index in [0.717, 1.165) is 10.5 Å². The number of fused-ring (bicyclic) bond motifs is 1. The summed E-state index contributed by atoms with van der Waals surface area (Å²) in [6.45, 7) is 4.57. The molecule has 0 radical (unpaired) electrons. The zero-order chi connectivity index (χ0) is 22.0. The lowest BCUT2D eigenvalue weighted by Gasteiger charge is -2.25. The van der Waals surface area contributed by atoms with Gasteiger partial charge in [0.05, 0.1) is 0 Å². The molecule has 2 atom stereocenters. The molecule has 0 bridgehead atoms. The van der Waals surface area contributed by atoms with Gasteiger partial charge in [0.25, 0.3) is 5.91 Å². The Bertz CT molecular complexity index is 1010.